The van der Waals surface area contributed by atoms with Gasteiger partial charge in [-0.2, -0.15) is 5.10 Å². The molecule has 0 unspecified atom stereocenters. The molecular formula is C14H11FN2O. The van der Waals surface area contributed by atoms with Crippen LogP contribution in [0, 0.1) is 5.82 Å². The number of hydrogen-bond acceptors (Lipinski definition) is 3. The van der Waals surface area contributed by atoms with Crippen LogP contribution in [0.2, 0.25) is 0 Å². The molecule has 3 nitrogen and oxygen atoms in total. The van der Waals surface area contributed by atoms with Crippen molar-refractivity contribution in [2.75, 3.05) is 5.43 Å². The first-order chi connectivity index (χ1) is 8.75. The van der Waals surface area contributed by atoms with Crippen LogP contribution in [-0.4, -0.2) is 12.0 Å². The second-order valence-corrected chi connectivity index (χ2v) is 3.61. The minimum absolute atomic E-state index is 0.279. The van der Waals surface area contributed by atoms with Gasteiger partial charge in [-0.1, -0.05) is 18.2 Å². The minimum atomic E-state index is -0.370. The summed E-state index contributed by atoms with van der Waals surface area (Å²) in [6, 6.07) is 14.6. The van der Waals surface area contributed by atoms with Gasteiger partial charge in [0.25, 0.3) is 0 Å². The molecule has 0 saturated heterocycles. The summed E-state index contributed by atoms with van der Waals surface area (Å²) in [4.78, 5) is 11.6. The maximum atomic E-state index is 12.7. The molecule has 0 aliphatic heterocycles. The Balaban J connectivity index is 1.97. The predicted molar refractivity (Wildman–Crippen MR) is 69.3 cm³/mol. The van der Waals surface area contributed by atoms with Crippen LogP contribution in [0.5, 0.6) is 0 Å². The number of anilines is 1. The lowest BCUT2D eigenvalue weighted by Gasteiger charge is -1.98. The highest BCUT2D eigenvalue weighted by Gasteiger charge is 2.01. The Labute approximate surface area is 104 Å². The first kappa shape index (κ1) is 12.0. The minimum Gasteiger partial charge on any atom is -0.287 e. The van der Waals surface area contributed by atoms with Gasteiger partial charge in [0, 0.05) is 5.56 Å². The van der Waals surface area contributed by atoms with Gasteiger partial charge in [-0.05, 0) is 36.4 Å². The molecule has 2 rings (SSSR count). The maximum absolute atomic E-state index is 12.7. The first-order valence-electron chi connectivity index (χ1n) is 5.40. The summed E-state index contributed by atoms with van der Waals surface area (Å²) in [5, 5.41) is 3.82. The normalized spacial score (nSPS) is 10.5. The van der Waals surface area contributed by atoms with Crippen molar-refractivity contribution in [2.45, 2.75) is 0 Å². The van der Waals surface area contributed by atoms with Crippen molar-refractivity contribution in [1.82, 2.24) is 0 Å². The fourth-order valence-electron chi connectivity index (χ4n) is 1.37. The monoisotopic (exact) mass is 242 g/mol. The lowest BCUT2D eigenvalue weighted by molar-refractivity contribution is 0.107. The lowest BCUT2D eigenvalue weighted by Crippen LogP contribution is -2.02. The van der Waals surface area contributed by atoms with Gasteiger partial charge >= 0.3 is 0 Å². The fourth-order valence-corrected chi connectivity index (χ4v) is 1.37. The van der Waals surface area contributed by atoms with Crippen molar-refractivity contribution >= 4 is 17.7 Å². The van der Waals surface area contributed by atoms with E-state index in [1.165, 1.54) is 30.5 Å². The van der Waals surface area contributed by atoms with Crippen LogP contribution in [0.3, 0.4) is 0 Å². The summed E-state index contributed by atoms with van der Waals surface area (Å²) in [5.74, 6) is -0.649. The largest absolute Gasteiger partial charge is 0.287 e. The van der Waals surface area contributed by atoms with Crippen molar-refractivity contribution in [1.29, 1.82) is 0 Å². The zero-order chi connectivity index (χ0) is 12.8. The highest BCUT2D eigenvalue weighted by molar-refractivity contribution is 6.35. The molecule has 0 fully saturated rings. The van der Waals surface area contributed by atoms with Crippen LogP contribution in [0.4, 0.5) is 10.1 Å². The Kier molecular flexibility index (Phi) is 3.81. The third-order valence-electron chi connectivity index (χ3n) is 2.28. The number of nitrogens with zero attached hydrogens (tertiary/aromatic N) is 1. The number of rotatable bonds is 4. The van der Waals surface area contributed by atoms with E-state index >= 15 is 0 Å². The molecule has 0 bridgehead atoms. The van der Waals surface area contributed by atoms with Crippen molar-refractivity contribution in [3.05, 3.63) is 66.0 Å². The second-order valence-electron chi connectivity index (χ2n) is 3.61. The van der Waals surface area contributed by atoms with Gasteiger partial charge in [-0.15, -0.1) is 0 Å². The van der Waals surface area contributed by atoms with E-state index < -0.39 is 0 Å². The number of benzene rings is 2. The van der Waals surface area contributed by atoms with E-state index in [1.807, 2.05) is 30.3 Å². The molecule has 0 saturated carbocycles. The SMILES string of the molecule is O=C(/C=N\Nc1ccccc1)c1ccc(F)cc1. The Morgan fingerprint density at radius 1 is 1.06 bits per heavy atom. The molecule has 0 aliphatic rings. The van der Waals surface area contributed by atoms with Gasteiger partial charge in [-0.3, -0.25) is 10.2 Å². The number of carbonyl (C=O) groups excluding carboxylic acids is 1. The Bertz CT molecular complexity index is 550. The summed E-state index contributed by atoms with van der Waals surface area (Å²) in [6.07, 6.45) is 1.17. The Morgan fingerprint density at radius 2 is 1.72 bits per heavy atom. The molecule has 4 heteroatoms. The number of para-hydroxylation sites is 1. The summed E-state index contributed by atoms with van der Waals surface area (Å²) in [7, 11) is 0. The number of halogens is 1. The van der Waals surface area contributed by atoms with Crippen molar-refractivity contribution < 1.29 is 9.18 Å². The number of Topliss-reactive ketones (excluding diaryl/α,β-unsaturated/α-hetero) is 1. The molecule has 1 N–H and O–H groups in total. The third-order valence-corrected chi connectivity index (χ3v) is 2.28. The number of hydrazone groups is 1. The van der Waals surface area contributed by atoms with E-state index in [-0.39, 0.29) is 11.6 Å². The summed E-state index contributed by atoms with van der Waals surface area (Å²) in [6.45, 7) is 0. The van der Waals surface area contributed by atoms with E-state index in [2.05, 4.69) is 10.5 Å². The second kappa shape index (κ2) is 5.72. The lowest BCUT2D eigenvalue weighted by atomic mass is 10.1. The zero-order valence-electron chi connectivity index (χ0n) is 9.51. The maximum Gasteiger partial charge on any atom is 0.205 e. The van der Waals surface area contributed by atoms with Crippen LogP contribution in [0.1, 0.15) is 10.4 Å². The number of ketones is 1. The van der Waals surface area contributed by atoms with E-state index in [9.17, 15) is 9.18 Å². The Hall–Kier alpha value is -2.49. The van der Waals surface area contributed by atoms with Crippen LogP contribution in [-0.2, 0) is 0 Å². The standard InChI is InChI=1S/C14H11FN2O/c15-12-8-6-11(7-9-12)14(18)10-16-17-13-4-2-1-3-5-13/h1-10,17H/b16-10-. The third kappa shape index (κ3) is 3.25. The summed E-state index contributed by atoms with van der Waals surface area (Å²) < 4.78 is 12.7. The highest BCUT2D eigenvalue weighted by atomic mass is 19.1. The summed E-state index contributed by atoms with van der Waals surface area (Å²) >= 11 is 0. The summed E-state index contributed by atoms with van der Waals surface area (Å²) in [5.41, 5.74) is 3.92. The van der Waals surface area contributed by atoms with Crippen molar-refractivity contribution in [3.8, 4) is 0 Å². The fraction of sp³-hybridized carbons (Fsp3) is 0. The molecule has 0 radical (unpaired) electrons. The number of nitrogens with one attached hydrogen (secondary N) is 1. The molecule has 2 aromatic carbocycles. The highest BCUT2D eigenvalue weighted by Crippen LogP contribution is 2.05. The van der Waals surface area contributed by atoms with Gasteiger partial charge in [0.05, 0.1) is 11.9 Å². The van der Waals surface area contributed by atoms with E-state index in [0.717, 1.165) is 5.69 Å². The van der Waals surface area contributed by atoms with Gasteiger partial charge in [0.15, 0.2) is 0 Å². The zero-order valence-corrected chi connectivity index (χ0v) is 9.51. The predicted octanol–water partition coefficient (Wildman–Crippen LogP) is 3.11. The molecule has 0 aliphatic carbocycles. The van der Waals surface area contributed by atoms with Crippen LogP contribution < -0.4 is 5.43 Å². The molecule has 0 spiro atoms. The molecular weight excluding hydrogens is 231 g/mol. The Morgan fingerprint density at radius 3 is 2.39 bits per heavy atom. The average Bonchev–Trinajstić information content (AvgIpc) is 2.40. The van der Waals surface area contributed by atoms with Crippen LogP contribution in [0.15, 0.2) is 59.7 Å². The average molecular weight is 242 g/mol. The molecule has 0 heterocycles. The smallest absolute Gasteiger partial charge is 0.205 e. The van der Waals surface area contributed by atoms with Gasteiger partial charge in [0.2, 0.25) is 5.78 Å². The van der Waals surface area contributed by atoms with Gasteiger partial charge in [-0.25, -0.2) is 4.39 Å². The molecule has 2 aromatic rings. The van der Waals surface area contributed by atoms with Crippen LogP contribution in [0.25, 0.3) is 0 Å². The van der Waals surface area contributed by atoms with Crippen molar-refractivity contribution in [2.24, 2.45) is 5.10 Å². The number of hydrogen-bond donors (Lipinski definition) is 1. The van der Waals surface area contributed by atoms with Crippen molar-refractivity contribution in [3.63, 3.8) is 0 Å². The quantitative estimate of drug-likeness (QED) is 0.508. The van der Waals surface area contributed by atoms with E-state index in [1.54, 1.807) is 0 Å². The van der Waals surface area contributed by atoms with E-state index in [4.69, 9.17) is 0 Å². The first-order valence-corrected chi connectivity index (χ1v) is 5.40. The molecule has 18 heavy (non-hydrogen) atoms. The molecule has 0 amide bonds. The molecule has 0 atom stereocenters. The topological polar surface area (TPSA) is 41.5 Å². The van der Waals surface area contributed by atoms with Gasteiger partial charge < -0.3 is 0 Å². The molecule has 0 aromatic heterocycles. The van der Waals surface area contributed by atoms with E-state index in [0.29, 0.717) is 5.56 Å². The van der Waals surface area contributed by atoms with Crippen LogP contribution >= 0.6 is 0 Å². The number of carbonyl (C=O) groups is 1. The molecule has 90 valence electrons. The van der Waals surface area contributed by atoms with Gasteiger partial charge in [0.1, 0.15) is 5.82 Å².